The first-order valence-electron chi connectivity index (χ1n) is 6.40. The highest BCUT2D eigenvalue weighted by atomic mass is 19.4. The van der Waals surface area contributed by atoms with Crippen molar-refractivity contribution < 1.29 is 22.7 Å². The van der Waals surface area contributed by atoms with Gasteiger partial charge in [0.1, 0.15) is 6.04 Å². The fourth-order valence-corrected chi connectivity index (χ4v) is 1.84. The summed E-state index contributed by atoms with van der Waals surface area (Å²) in [6, 6.07) is 4.32. The van der Waals surface area contributed by atoms with Gasteiger partial charge in [0.15, 0.2) is 0 Å². The zero-order valence-corrected chi connectivity index (χ0v) is 11.5. The van der Waals surface area contributed by atoms with Gasteiger partial charge < -0.3 is 10.1 Å². The van der Waals surface area contributed by atoms with E-state index in [0.29, 0.717) is 6.42 Å². The Kier molecular flexibility index (Phi) is 5.85. The van der Waals surface area contributed by atoms with Crippen LogP contribution in [0.3, 0.4) is 0 Å². The molecule has 1 aromatic rings. The van der Waals surface area contributed by atoms with Gasteiger partial charge in [-0.1, -0.05) is 31.9 Å². The third-order valence-electron chi connectivity index (χ3n) is 2.89. The lowest BCUT2D eigenvalue weighted by Gasteiger charge is -2.20. The van der Waals surface area contributed by atoms with Crippen molar-refractivity contribution in [3.8, 4) is 0 Å². The summed E-state index contributed by atoms with van der Waals surface area (Å²) >= 11 is 0. The molecular formula is C14H18F3NO2. The average Bonchev–Trinajstić information content (AvgIpc) is 2.42. The predicted octanol–water partition coefficient (Wildman–Crippen LogP) is 3.85. The molecule has 0 amide bonds. The van der Waals surface area contributed by atoms with Crippen LogP contribution in [0, 0.1) is 0 Å². The number of hydrogen-bond donors (Lipinski definition) is 1. The first kappa shape index (κ1) is 16.3. The van der Waals surface area contributed by atoms with Crippen molar-refractivity contribution in [2.45, 2.75) is 38.4 Å². The number of halogens is 3. The van der Waals surface area contributed by atoms with Crippen LogP contribution in [0.2, 0.25) is 0 Å². The molecule has 1 atom stereocenters. The summed E-state index contributed by atoms with van der Waals surface area (Å²) in [6.45, 7) is 1.94. The third kappa shape index (κ3) is 4.43. The normalized spacial score (nSPS) is 12.8. The molecule has 0 bridgehead atoms. The average molecular weight is 289 g/mol. The highest BCUT2D eigenvalue weighted by Crippen LogP contribution is 2.35. The Morgan fingerprint density at radius 1 is 1.35 bits per heavy atom. The molecule has 6 heteroatoms. The molecule has 0 heterocycles. The number of alkyl halides is 3. The number of benzene rings is 1. The molecule has 0 saturated carbocycles. The van der Waals surface area contributed by atoms with Gasteiger partial charge in [-0.15, -0.1) is 0 Å². The van der Waals surface area contributed by atoms with Crippen molar-refractivity contribution in [1.82, 2.24) is 0 Å². The lowest BCUT2D eigenvalue weighted by atomic mass is 10.1. The summed E-state index contributed by atoms with van der Waals surface area (Å²) < 4.78 is 43.3. The van der Waals surface area contributed by atoms with Crippen LogP contribution in [-0.2, 0) is 15.7 Å². The molecule has 20 heavy (non-hydrogen) atoms. The van der Waals surface area contributed by atoms with Gasteiger partial charge in [0.05, 0.1) is 12.7 Å². The van der Waals surface area contributed by atoms with Crippen molar-refractivity contribution >= 4 is 11.7 Å². The molecule has 0 aromatic heterocycles. The van der Waals surface area contributed by atoms with Crippen LogP contribution in [0.4, 0.5) is 18.9 Å². The van der Waals surface area contributed by atoms with Crippen molar-refractivity contribution in [3.63, 3.8) is 0 Å². The van der Waals surface area contributed by atoms with Gasteiger partial charge in [-0.05, 0) is 18.6 Å². The summed E-state index contributed by atoms with van der Waals surface area (Å²) in [5.74, 6) is -0.560. The number of nitrogens with one attached hydrogen (secondary N) is 1. The van der Waals surface area contributed by atoms with E-state index in [0.717, 1.165) is 18.9 Å². The second-order valence-electron chi connectivity index (χ2n) is 4.41. The van der Waals surface area contributed by atoms with Crippen LogP contribution in [-0.4, -0.2) is 19.1 Å². The fraction of sp³-hybridized carbons (Fsp3) is 0.500. The second kappa shape index (κ2) is 7.17. The number of ether oxygens (including phenoxy) is 1. The number of esters is 1. The van der Waals surface area contributed by atoms with E-state index in [2.05, 4.69) is 10.1 Å². The highest BCUT2D eigenvalue weighted by Gasteiger charge is 2.34. The van der Waals surface area contributed by atoms with Crippen LogP contribution in [0.15, 0.2) is 24.3 Å². The summed E-state index contributed by atoms with van der Waals surface area (Å²) in [7, 11) is 1.22. The number of para-hydroxylation sites is 1. The lowest BCUT2D eigenvalue weighted by molar-refractivity contribution is -0.142. The van der Waals surface area contributed by atoms with Crippen molar-refractivity contribution in [2.24, 2.45) is 0 Å². The number of rotatable bonds is 6. The smallest absolute Gasteiger partial charge is 0.418 e. The van der Waals surface area contributed by atoms with E-state index >= 15 is 0 Å². The van der Waals surface area contributed by atoms with E-state index in [1.807, 2.05) is 6.92 Å². The summed E-state index contributed by atoms with van der Waals surface area (Å²) in [5, 5.41) is 2.65. The molecule has 0 fully saturated rings. The highest BCUT2D eigenvalue weighted by molar-refractivity contribution is 5.79. The summed E-state index contributed by atoms with van der Waals surface area (Å²) in [5.41, 5.74) is -0.892. The molecule has 0 aliphatic rings. The SMILES string of the molecule is CCCCC(Nc1ccccc1C(F)(F)F)C(=O)OC. The molecule has 3 nitrogen and oxygen atoms in total. The van der Waals surface area contributed by atoms with Gasteiger partial charge >= 0.3 is 12.1 Å². The number of methoxy groups -OCH3 is 1. The van der Waals surface area contributed by atoms with E-state index in [1.54, 1.807) is 0 Å². The van der Waals surface area contributed by atoms with Gasteiger partial charge in [0.2, 0.25) is 0 Å². The van der Waals surface area contributed by atoms with Crippen LogP contribution in [0.25, 0.3) is 0 Å². The zero-order chi connectivity index (χ0) is 15.2. The topological polar surface area (TPSA) is 38.3 Å². The molecule has 0 spiro atoms. The predicted molar refractivity (Wildman–Crippen MR) is 70.4 cm³/mol. The maximum atomic E-state index is 12.9. The van der Waals surface area contributed by atoms with E-state index in [9.17, 15) is 18.0 Å². The monoisotopic (exact) mass is 289 g/mol. The molecule has 112 valence electrons. The molecule has 1 unspecified atom stereocenters. The quantitative estimate of drug-likeness (QED) is 0.808. The third-order valence-corrected chi connectivity index (χ3v) is 2.89. The van der Waals surface area contributed by atoms with E-state index in [4.69, 9.17) is 0 Å². The Morgan fingerprint density at radius 2 is 2.00 bits per heavy atom. The first-order chi connectivity index (χ1) is 9.40. The number of hydrogen-bond acceptors (Lipinski definition) is 3. The van der Waals surface area contributed by atoms with E-state index in [-0.39, 0.29) is 5.69 Å². The van der Waals surface area contributed by atoms with Crippen molar-refractivity contribution in [3.05, 3.63) is 29.8 Å². The Bertz CT molecular complexity index is 446. The Morgan fingerprint density at radius 3 is 2.55 bits per heavy atom. The molecule has 1 N–H and O–H groups in total. The minimum atomic E-state index is -4.46. The Hall–Kier alpha value is -1.72. The Labute approximate surface area is 116 Å². The molecule has 0 radical (unpaired) electrons. The number of carbonyl (C=O) groups excluding carboxylic acids is 1. The van der Waals surface area contributed by atoms with Gasteiger partial charge in [0, 0.05) is 5.69 Å². The molecule has 0 aliphatic carbocycles. The molecule has 0 saturated heterocycles. The molecular weight excluding hydrogens is 271 g/mol. The van der Waals surface area contributed by atoms with Crippen molar-refractivity contribution in [2.75, 3.05) is 12.4 Å². The van der Waals surface area contributed by atoms with Gasteiger partial charge in [-0.2, -0.15) is 13.2 Å². The van der Waals surface area contributed by atoms with Crippen LogP contribution >= 0.6 is 0 Å². The summed E-state index contributed by atoms with van der Waals surface area (Å²) in [4.78, 5) is 11.6. The molecule has 1 rings (SSSR count). The van der Waals surface area contributed by atoms with Gasteiger partial charge in [-0.3, -0.25) is 0 Å². The van der Waals surface area contributed by atoms with Gasteiger partial charge in [0.25, 0.3) is 0 Å². The van der Waals surface area contributed by atoms with E-state index < -0.39 is 23.8 Å². The first-order valence-corrected chi connectivity index (χ1v) is 6.40. The van der Waals surface area contributed by atoms with E-state index in [1.165, 1.54) is 25.3 Å². The zero-order valence-electron chi connectivity index (χ0n) is 11.5. The lowest BCUT2D eigenvalue weighted by Crippen LogP contribution is -2.31. The van der Waals surface area contributed by atoms with Gasteiger partial charge in [-0.25, -0.2) is 4.79 Å². The molecule has 0 aliphatic heterocycles. The summed E-state index contributed by atoms with van der Waals surface area (Å²) in [6.07, 6.45) is -2.47. The van der Waals surface area contributed by atoms with Crippen molar-refractivity contribution in [1.29, 1.82) is 0 Å². The maximum Gasteiger partial charge on any atom is 0.418 e. The maximum absolute atomic E-state index is 12.9. The number of anilines is 1. The minimum Gasteiger partial charge on any atom is -0.467 e. The van der Waals surface area contributed by atoms with Crippen LogP contribution < -0.4 is 5.32 Å². The van der Waals surface area contributed by atoms with Crippen LogP contribution in [0.5, 0.6) is 0 Å². The number of carbonyl (C=O) groups is 1. The number of unbranched alkanes of at least 4 members (excludes halogenated alkanes) is 1. The standard InChI is InChI=1S/C14H18F3NO2/c1-3-4-8-12(13(19)20-2)18-11-9-6-5-7-10(11)14(15,16)17/h5-7,9,12,18H,3-4,8H2,1-2H3. The van der Waals surface area contributed by atoms with Crippen LogP contribution in [0.1, 0.15) is 31.7 Å². The second-order valence-corrected chi connectivity index (χ2v) is 4.41. The molecule has 1 aromatic carbocycles. The largest absolute Gasteiger partial charge is 0.467 e. The minimum absolute atomic E-state index is 0.105. The fourth-order valence-electron chi connectivity index (χ4n) is 1.84. The Balaban J connectivity index is 2.96.